The number of phenolic OH excluding ortho intramolecular Hbond substituents is 1. The first-order valence-corrected chi connectivity index (χ1v) is 7.65. The Balaban J connectivity index is 2.52. The smallest absolute Gasteiger partial charge is 0.172 e. The van der Waals surface area contributed by atoms with Gasteiger partial charge in [-0.1, -0.05) is 29.3 Å². The van der Waals surface area contributed by atoms with Crippen LogP contribution in [0.25, 0.3) is 11.6 Å². The summed E-state index contributed by atoms with van der Waals surface area (Å²) in [6.07, 6.45) is 1.67. The lowest BCUT2D eigenvalue weighted by atomic mass is 10.0. The molecule has 0 bridgehead atoms. The Hall–Kier alpha value is -1.67. The summed E-state index contributed by atoms with van der Waals surface area (Å²) in [6.45, 7) is 0. The van der Waals surface area contributed by atoms with E-state index < -0.39 is 0 Å². The maximum atomic E-state index is 9.81. The van der Waals surface area contributed by atoms with Crippen LogP contribution in [0.4, 0.5) is 0 Å². The fraction of sp³-hybridized carbons (Fsp3) is 0.0625. The normalized spacial score (nSPS) is 11.1. The molecule has 2 rings (SSSR count). The van der Waals surface area contributed by atoms with Crippen LogP contribution in [0.15, 0.2) is 34.8 Å². The Labute approximate surface area is 146 Å². The van der Waals surface area contributed by atoms with Gasteiger partial charge in [0.1, 0.15) is 0 Å². The maximum Gasteiger partial charge on any atom is 0.172 e. The Morgan fingerprint density at radius 2 is 2.00 bits per heavy atom. The van der Waals surface area contributed by atoms with Crippen molar-refractivity contribution < 1.29 is 9.84 Å². The predicted octanol–water partition coefficient (Wildman–Crippen LogP) is 5.53. The molecule has 1 N–H and O–H groups in total. The molecule has 0 spiro atoms. The second kappa shape index (κ2) is 7.06. The van der Waals surface area contributed by atoms with Gasteiger partial charge in [0.05, 0.1) is 33.3 Å². The van der Waals surface area contributed by atoms with Gasteiger partial charge in [0, 0.05) is 0 Å². The Morgan fingerprint density at radius 1 is 1.27 bits per heavy atom. The van der Waals surface area contributed by atoms with Crippen LogP contribution < -0.4 is 4.74 Å². The summed E-state index contributed by atoms with van der Waals surface area (Å²) in [7, 11) is 1.46. The van der Waals surface area contributed by atoms with Crippen LogP contribution in [0, 0.1) is 11.3 Å². The van der Waals surface area contributed by atoms with E-state index in [1.807, 2.05) is 0 Å². The summed E-state index contributed by atoms with van der Waals surface area (Å²) in [4.78, 5) is 0. The first kappa shape index (κ1) is 16.7. The molecule has 2 aromatic rings. The molecule has 0 saturated heterocycles. The van der Waals surface area contributed by atoms with Crippen molar-refractivity contribution in [2.75, 3.05) is 7.11 Å². The Bertz CT molecular complexity index is 797. The summed E-state index contributed by atoms with van der Waals surface area (Å²) in [5, 5.41) is 20.0. The van der Waals surface area contributed by atoms with E-state index in [-0.39, 0.29) is 5.75 Å². The first-order valence-electron chi connectivity index (χ1n) is 6.10. The van der Waals surface area contributed by atoms with Crippen LogP contribution in [0.1, 0.15) is 11.1 Å². The van der Waals surface area contributed by atoms with Gasteiger partial charge in [-0.25, -0.2) is 0 Å². The van der Waals surface area contributed by atoms with Crippen molar-refractivity contribution in [1.82, 2.24) is 0 Å². The molecule has 0 unspecified atom stereocenters. The van der Waals surface area contributed by atoms with Gasteiger partial charge in [-0.15, -0.1) is 0 Å². The molecule has 0 aliphatic heterocycles. The van der Waals surface area contributed by atoms with E-state index in [0.717, 1.165) is 0 Å². The summed E-state index contributed by atoms with van der Waals surface area (Å²) < 4.78 is 5.57. The van der Waals surface area contributed by atoms with Crippen molar-refractivity contribution in [3.05, 3.63) is 56.0 Å². The van der Waals surface area contributed by atoms with Gasteiger partial charge in [0.2, 0.25) is 0 Å². The predicted molar refractivity (Wildman–Crippen MR) is 92.3 cm³/mol. The number of phenols is 1. The Kier molecular flexibility index (Phi) is 5.36. The van der Waals surface area contributed by atoms with E-state index in [0.29, 0.717) is 37.0 Å². The number of nitriles is 1. The molecular formula is C16H10BrCl2NO2. The number of aromatic hydroxyl groups is 1. The van der Waals surface area contributed by atoms with Crippen molar-refractivity contribution >= 4 is 50.8 Å². The quantitative estimate of drug-likeness (QED) is 0.545. The standard InChI is InChI=1S/C16H10BrCl2NO2/c1-22-15-6-9(5-12(17)16(15)21)4-11(8-20)10-2-3-13(18)14(19)7-10/h2-7,21H,1H3/b11-4-. The van der Waals surface area contributed by atoms with Crippen molar-refractivity contribution in [1.29, 1.82) is 5.26 Å². The summed E-state index contributed by atoms with van der Waals surface area (Å²) in [5.74, 6) is 0.319. The minimum atomic E-state index is 0.00713. The highest BCUT2D eigenvalue weighted by atomic mass is 79.9. The van der Waals surface area contributed by atoms with E-state index in [4.69, 9.17) is 27.9 Å². The van der Waals surface area contributed by atoms with Gasteiger partial charge in [-0.3, -0.25) is 0 Å². The first-order chi connectivity index (χ1) is 10.5. The molecule has 0 aromatic heterocycles. The minimum absolute atomic E-state index is 0.00713. The van der Waals surface area contributed by atoms with Crippen molar-refractivity contribution in [2.24, 2.45) is 0 Å². The second-order valence-electron chi connectivity index (χ2n) is 4.35. The molecule has 0 saturated carbocycles. The summed E-state index contributed by atoms with van der Waals surface area (Å²) >= 11 is 15.1. The molecular weight excluding hydrogens is 389 g/mol. The molecule has 3 nitrogen and oxygen atoms in total. The summed E-state index contributed by atoms with van der Waals surface area (Å²) in [5.41, 5.74) is 1.77. The van der Waals surface area contributed by atoms with Crippen LogP contribution in [0.5, 0.6) is 11.5 Å². The number of allylic oxidation sites excluding steroid dienone is 1. The lowest BCUT2D eigenvalue weighted by Gasteiger charge is -2.07. The number of rotatable bonds is 3. The molecule has 22 heavy (non-hydrogen) atoms. The third kappa shape index (κ3) is 3.56. The number of nitrogens with zero attached hydrogens (tertiary/aromatic N) is 1. The van der Waals surface area contributed by atoms with E-state index >= 15 is 0 Å². The zero-order valence-corrected chi connectivity index (χ0v) is 14.5. The van der Waals surface area contributed by atoms with Gasteiger partial charge in [0.25, 0.3) is 0 Å². The van der Waals surface area contributed by atoms with Crippen molar-refractivity contribution in [3.63, 3.8) is 0 Å². The van der Waals surface area contributed by atoms with Gasteiger partial charge < -0.3 is 9.84 Å². The average Bonchev–Trinajstić information content (AvgIpc) is 2.51. The largest absolute Gasteiger partial charge is 0.503 e. The molecule has 0 atom stereocenters. The second-order valence-corrected chi connectivity index (χ2v) is 6.02. The molecule has 2 aromatic carbocycles. The fourth-order valence-electron chi connectivity index (χ4n) is 1.84. The van der Waals surface area contributed by atoms with Gasteiger partial charge in [0.15, 0.2) is 11.5 Å². The SMILES string of the molecule is COc1cc(/C=C(/C#N)c2ccc(Cl)c(Cl)c2)cc(Br)c1O. The monoisotopic (exact) mass is 397 g/mol. The third-order valence-electron chi connectivity index (χ3n) is 2.93. The van der Waals surface area contributed by atoms with Crippen LogP contribution in [-0.4, -0.2) is 12.2 Å². The van der Waals surface area contributed by atoms with E-state index in [1.165, 1.54) is 7.11 Å². The number of hydrogen-bond donors (Lipinski definition) is 1. The van der Waals surface area contributed by atoms with Crippen LogP contribution in [0.2, 0.25) is 10.0 Å². The highest BCUT2D eigenvalue weighted by molar-refractivity contribution is 9.10. The lowest BCUT2D eigenvalue weighted by Crippen LogP contribution is -1.87. The minimum Gasteiger partial charge on any atom is -0.503 e. The van der Waals surface area contributed by atoms with E-state index in [9.17, 15) is 10.4 Å². The zero-order valence-electron chi connectivity index (χ0n) is 11.4. The van der Waals surface area contributed by atoms with Crippen molar-refractivity contribution in [3.8, 4) is 17.6 Å². The number of ether oxygens (including phenoxy) is 1. The molecule has 0 aliphatic rings. The molecule has 6 heteroatoms. The van der Waals surface area contributed by atoms with E-state index in [1.54, 1.807) is 36.4 Å². The third-order valence-corrected chi connectivity index (χ3v) is 4.28. The highest BCUT2D eigenvalue weighted by Gasteiger charge is 2.09. The molecule has 0 amide bonds. The Morgan fingerprint density at radius 3 is 2.59 bits per heavy atom. The highest BCUT2D eigenvalue weighted by Crippen LogP contribution is 2.36. The lowest BCUT2D eigenvalue weighted by molar-refractivity contribution is 0.372. The number of hydrogen-bond acceptors (Lipinski definition) is 3. The number of halogens is 3. The van der Waals surface area contributed by atoms with Crippen LogP contribution in [0.3, 0.4) is 0 Å². The van der Waals surface area contributed by atoms with Gasteiger partial charge in [-0.2, -0.15) is 5.26 Å². The molecule has 0 aliphatic carbocycles. The topological polar surface area (TPSA) is 53.2 Å². The van der Waals surface area contributed by atoms with Crippen LogP contribution in [-0.2, 0) is 0 Å². The zero-order chi connectivity index (χ0) is 16.3. The molecule has 112 valence electrons. The van der Waals surface area contributed by atoms with Crippen LogP contribution >= 0.6 is 39.1 Å². The summed E-state index contributed by atoms with van der Waals surface area (Å²) in [6, 6.07) is 10.4. The molecule has 0 fully saturated rings. The van der Waals surface area contributed by atoms with Gasteiger partial charge in [-0.05, 0) is 57.4 Å². The molecule has 0 radical (unpaired) electrons. The maximum absolute atomic E-state index is 9.81. The van der Waals surface area contributed by atoms with Gasteiger partial charge >= 0.3 is 0 Å². The van der Waals surface area contributed by atoms with Crippen molar-refractivity contribution in [2.45, 2.75) is 0 Å². The number of methoxy groups -OCH3 is 1. The fourth-order valence-corrected chi connectivity index (χ4v) is 2.60. The average molecular weight is 399 g/mol. The van der Waals surface area contributed by atoms with E-state index in [2.05, 4.69) is 22.0 Å². The molecule has 0 heterocycles. The number of benzene rings is 2.